The molecule has 0 N–H and O–H groups in total. The van der Waals surface area contributed by atoms with Crippen LogP contribution in [0.4, 0.5) is 0 Å². The van der Waals surface area contributed by atoms with Gasteiger partial charge in [-0.1, -0.05) is 30.3 Å². The van der Waals surface area contributed by atoms with Crippen molar-refractivity contribution >= 4 is 11.8 Å². The van der Waals surface area contributed by atoms with Gasteiger partial charge < -0.3 is 19.0 Å². The van der Waals surface area contributed by atoms with Gasteiger partial charge >= 0.3 is 0 Å². The molecule has 2 heterocycles. The van der Waals surface area contributed by atoms with Gasteiger partial charge in [-0.2, -0.15) is 0 Å². The van der Waals surface area contributed by atoms with Crippen molar-refractivity contribution in [3.05, 3.63) is 53.2 Å². The van der Waals surface area contributed by atoms with Gasteiger partial charge in [-0.3, -0.25) is 9.59 Å². The van der Waals surface area contributed by atoms with Crippen LogP contribution in [0, 0.1) is 0 Å². The molecule has 0 spiro atoms. The van der Waals surface area contributed by atoms with Crippen molar-refractivity contribution in [2.75, 3.05) is 27.7 Å². The van der Waals surface area contributed by atoms with Crippen molar-refractivity contribution in [1.82, 2.24) is 14.8 Å². The molecule has 2 aromatic rings. The number of amides is 2. The van der Waals surface area contributed by atoms with Gasteiger partial charge in [-0.15, -0.1) is 0 Å². The topological polar surface area (TPSA) is 75.9 Å². The zero-order valence-corrected chi connectivity index (χ0v) is 16.0. The first-order valence-corrected chi connectivity index (χ1v) is 9.03. The van der Waals surface area contributed by atoms with Gasteiger partial charge in [-0.05, 0) is 5.56 Å². The summed E-state index contributed by atoms with van der Waals surface area (Å²) in [5, 5.41) is 0. The number of benzene rings is 1. The number of carbonyl (C=O) groups excluding carboxylic acids is 2. The van der Waals surface area contributed by atoms with E-state index in [1.54, 1.807) is 26.1 Å². The Kier molecular flexibility index (Phi) is 5.91. The Labute approximate surface area is 158 Å². The fourth-order valence-electron chi connectivity index (χ4n) is 3.15. The lowest BCUT2D eigenvalue weighted by molar-refractivity contribution is -0.136. The highest BCUT2D eigenvalue weighted by Gasteiger charge is 2.28. The lowest BCUT2D eigenvalue weighted by Crippen LogP contribution is -2.36. The van der Waals surface area contributed by atoms with Crippen LogP contribution in [0.5, 0.6) is 0 Å². The fourth-order valence-corrected chi connectivity index (χ4v) is 3.15. The smallest absolute Gasteiger partial charge is 0.228 e. The number of hydrogen-bond donors (Lipinski definition) is 0. The van der Waals surface area contributed by atoms with Gasteiger partial charge in [0.15, 0.2) is 6.10 Å². The second kappa shape index (κ2) is 8.35. The number of methoxy groups -OCH3 is 1. The number of aromatic nitrogens is 1. The number of oxazole rings is 1. The molecule has 0 saturated carbocycles. The molecule has 7 nitrogen and oxygen atoms in total. The van der Waals surface area contributed by atoms with Gasteiger partial charge in [0, 0.05) is 47.0 Å². The maximum atomic E-state index is 12.4. The van der Waals surface area contributed by atoms with Crippen LogP contribution in [0.15, 0.2) is 34.7 Å². The first kappa shape index (κ1) is 19.1. The zero-order valence-electron chi connectivity index (χ0n) is 16.0. The van der Waals surface area contributed by atoms with Crippen molar-refractivity contribution in [3.8, 4) is 0 Å². The van der Waals surface area contributed by atoms with Crippen molar-refractivity contribution < 1.29 is 18.7 Å². The van der Waals surface area contributed by atoms with Crippen molar-refractivity contribution in [2.45, 2.75) is 31.9 Å². The summed E-state index contributed by atoms with van der Waals surface area (Å²) in [5.41, 5.74) is 1.73. The molecule has 7 heteroatoms. The summed E-state index contributed by atoms with van der Waals surface area (Å²) in [6.45, 7) is 0.971. The van der Waals surface area contributed by atoms with Crippen LogP contribution < -0.4 is 0 Å². The number of hydrogen-bond acceptors (Lipinski definition) is 5. The quantitative estimate of drug-likeness (QED) is 0.778. The number of nitrogens with zero attached hydrogens (tertiary/aromatic N) is 3. The summed E-state index contributed by atoms with van der Waals surface area (Å²) < 4.78 is 11.5. The minimum Gasteiger partial charge on any atom is -0.442 e. The van der Waals surface area contributed by atoms with Crippen molar-refractivity contribution in [3.63, 3.8) is 0 Å². The van der Waals surface area contributed by atoms with E-state index in [0.29, 0.717) is 25.4 Å². The molecule has 1 aromatic carbocycles. The largest absolute Gasteiger partial charge is 0.442 e. The maximum Gasteiger partial charge on any atom is 0.228 e. The highest BCUT2D eigenvalue weighted by atomic mass is 16.5. The summed E-state index contributed by atoms with van der Waals surface area (Å²) in [5.74, 6) is 1.23. The molecule has 1 aliphatic heterocycles. The molecule has 1 atom stereocenters. The molecule has 0 aliphatic carbocycles. The second-order valence-corrected chi connectivity index (χ2v) is 6.80. The molecule has 1 aliphatic rings. The minimum atomic E-state index is -0.376. The normalized spacial score (nSPS) is 14.6. The predicted octanol–water partition coefficient (Wildman–Crippen LogP) is 2.16. The van der Waals surface area contributed by atoms with E-state index in [-0.39, 0.29) is 30.8 Å². The summed E-state index contributed by atoms with van der Waals surface area (Å²) in [6, 6.07) is 9.77. The Bertz CT molecular complexity index is 801. The summed E-state index contributed by atoms with van der Waals surface area (Å²) in [4.78, 5) is 31.9. The Morgan fingerprint density at radius 1 is 1.26 bits per heavy atom. The summed E-state index contributed by atoms with van der Waals surface area (Å²) >= 11 is 0. The van der Waals surface area contributed by atoms with Gasteiger partial charge in [-0.25, -0.2) is 4.98 Å². The highest BCUT2D eigenvalue weighted by molar-refractivity contribution is 5.83. The Morgan fingerprint density at radius 3 is 2.67 bits per heavy atom. The average molecular weight is 371 g/mol. The average Bonchev–Trinajstić information content (AvgIpc) is 3.09. The standard InChI is InChI=1S/C20H25N3O4/c1-22(2)17(24)9-10-18(25)23-12-11-16-15(13-23)21-20(27-16)19(26-3)14-7-5-4-6-8-14/h4-8,19H,9-13H2,1-3H3. The highest BCUT2D eigenvalue weighted by Crippen LogP contribution is 2.29. The van der Waals surface area contributed by atoms with E-state index in [4.69, 9.17) is 9.15 Å². The fraction of sp³-hybridized carbons (Fsp3) is 0.450. The van der Waals surface area contributed by atoms with E-state index in [1.807, 2.05) is 30.3 Å². The Hall–Kier alpha value is -2.67. The van der Waals surface area contributed by atoms with E-state index in [0.717, 1.165) is 17.0 Å². The SMILES string of the molecule is COC(c1ccccc1)c1nc2c(o1)CCN(C(=O)CCC(=O)N(C)C)C2. The van der Waals surface area contributed by atoms with Gasteiger partial charge in [0.25, 0.3) is 0 Å². The first-order chi connectivity index (χ1) is 13.0. The molecular weight excluding hydrogens is 346 g/mol. The van der Waals surface area contributed by atoms with E-state index in [1.165, 1.54) is 4.90 Å². The van der Waals surface area contributed by atoms with E-state index >= 15 is 0 Å². The van der Waals surface area contributed by atoms with Crippen LogP contribution in [0.1, 0.15) is 41.9 Å². The molecule has 0 bridgehead atoms. The Balaban J connectivity index is 1.68. The van der Waals surface area contributed by atoms with Crippen LogP contribution in [-0.4, -0.2) is 54.3 Å². The number of rotatable bonds is 6. The zero-order chi connectivity index (χ0) is 19.4. The maximum absolute atomic E-state index is 12.4. The summed E-state index contributed by atoms with van der Waals surface area (Å²) in [6.07, 6.45) is 0.667. The van der Waals surface area contributed by atoms with Gasteiger partial charge in [0.1, 0.15) is 11.5 Å². The van der Waals surface area contributed by atoms with E-state index in [9.17, 15) is 9.59 Å². The molecular formula is C20H25N3O4. The molecule has 144 valence electrons. The minimum absolute atomic E-state index is 0.0354. The van der Waals surface area contributed by atoms with Gasteiger partial charge in [0.2, 0.25) is 17.7 Å². The lowest BCUT2D eigenvalue weighted by atomic mass is 10.1. The third-order valence-electron chi connectivity index (χ3n) is 4.71. The van der Waals surface area contributed by atoms with Crippen LogP contribution in [0.2, 0.25) is 0 Å². The predicted molar refractivity (Wildman–Crippen MR) is 98.8 cm³/mol. The van der Waals surface area contributed by atoms with Crippen molar-refractivity contribution in [2.24, 2.45) is 0 Å². The third-order valence-corrected chi connectivity index (χ3v) is 4.71. The molecule has 1 aromatic heterocycles. The number of fused-ring (bicyclic) bond motifs is 1. The van der Waals surface area contributed by atoms with E-state index in [2.05, 4.69) is 4.98 Å². The number of carbonyl (C=O) groups is 2. The first-order valence-electron chi connectivity index (χ1n) is 9.03. The van der Waals surface area contributed by atoms with E-state index < -0.39 is 0 Å². The monoisotopic (exact) mass is 371 g/mol. The molecule has 0 saturated heterocycles. The van der Waals surface area contributed by atoms with Crippen LogP contribution in [0.3, 0.4) is 0 Å². The third kappa shape index (κ3) is 4.36. The van der Waals surface area contributed by atoms with Crippen LogP contribution in [0.25, 0.3) is 0 Å². The number of ether oxygens (including phenoxy) is 1. The van der Waals surface area contributed by atoms with Crippen molar-refractivity contribution in [1.29, 1.82) is 0 Å². The summed E-state index contributed by atoms with van der Waals surface area (Å²) in [7, 11) is 5.00. The molecule has 2 amide bonds. The van der Waals surface area contributed by atoms with Gasteiger partial charge in [0.05, 0.1) is 6.54 Å². The van der Waals surface area contributed by atoms with Crippen LogP contribution >= 0.6 is 0 Å². The molecule has 0 radical (unpaired) electrons. The van der Waals surface area contributed by atoms with Crippen LogP contribution in [-0.2, 0) is 27.3 Å². The second-order valence-electron chi connectivity index (χ2n) is 6.80. The molecule has 3 rings (SSSR count). The molecule has 27 heavy (non-hydrogen) atoms. The lowest BCUT2D eigenvalue weighted by Gasteiger charge is -2.25. The Morgan fingerprint density at radius 2 is 2.00 bits per heavy atom. The molecule has 0 fully saturated rings. The molecule has 1 unspecified atom stereocenters.